The maximum absolute atomic E-state index is 12.9. The van der Waals surface area contributed by atoms with Gasteiger partial charge < -0.3 is 24.3 Å². The van der Waals surface area contributed by atoms with Crippen LogP contribution in [0.1, 0.15) is 18.1 Å². The number of imide groups is 1. The molecule has 2 aliphatic heterocycles. The van der Waals surface area contributed by atoms with Crippen LogP contribution >= 0.6 is 11.8 Å². The number of nitrogens with zero attached hydrogens (tertiary/aromatic N) is 1. The largest absolute Gasteiger partial charge is 0.493 e. The topological polar surface area (TPSA) is 103 Å². The van der Waals surface area contributed by atoms with Crippen molar-refractivity contribution in [3.05, 3.63) is 59.0 Å². The van der Waals surface area contributed by atoms with E-state index in [1.54, 1.807) is 43.5 Å². The van der Waals surface area contributed by atoms with Crippen LogP contribution < -0.4 is 24.3 Å². The van der Waals surface area contributed by atoms with Gasteiger partial charge in [0.1, 0.15) is 6.54 Å². The van der Waals surface area contributed by atoms with E-state index in [0.717, 1.165) is 22.2 Å². The Kier molecular flexibility index (Phi) is 7.31. The van der Waals surface area contributed by atoms with Crippen LogP contribution in [0.5, 0.6) is 23.0 Å². The Morgan fingerprint density at radius 2 is 2.03 bits per heavy atom. The Labute approximate surface area is 206 Å². The zero-order valence-corrected chi connectivity index (χ0v) is 20.1. The number of carbonyl (C=O) groups is 3. The predicted molar refractivity (Wildman–Crippen MR) is 132 cm³/mol. The number of ether oxygens (including phenoxy) is 4. The molecule has 0 saturated carbocycles. The van der Waals surface area contributed by atoms with Gasteiger partial charge in [-0.05, 0) is 61.0 Å². The highest BCUT2D eigenvalue weighted by molar-refractivity contribution is 8.18. The molecule has 10 heteroatoms. The van der Waals surface area contributed by atoms with Gasteiger partial charge in [0, 0.05) is 17.3 Å². The first-order valence-electron chi connectivity index (χ1n) is 10.8. The molecule has 182 valence electrons. The average molecular weight is 497 g/mol. The molecule has 0 radical (unpaired) electrons. The summed E-state index contributed by atoms with van der Waals surface area (Å²) in [6, 6.07) is 8.54. The van der Waals surface area contributed by atoms with Crippen LogP contribution in [0.15, 0.2) is 47.9 Å². The second-order valence-corrected chi connectivity index (χ2v) is 8.51. The Morgan fingerprint density at radius 3 is 2.77 bits per heavy atom. The number of thioether (sulfide) groups is 1. The molecule has 2 aromatic rings. The standard InChI is InChI=1S/C25H24N2O7S/c1-4-6-16-9-15(10-20(32-5-2)23(16)31-3)11-21-24(29)27(25(30)35-21)13-22(28)26-17-7-8-18-19(12-17)34-14-33-18/h4,7-12H,1,5-6,13-14H2,2-3H3,(H,26,28)/b21-11+. The van der Waals surface area contributed by atoms with Crippen LogP contribution in [-0.4, -0.2) is 49.0 Å². The van der Waals surface area contributed by atoms with Crippen LogP contribution in [0.4, 0.5) is 10.5 Å². The minimum absolute atomic E-state index is 0.116. The molecule has 9 nitrogen and oxygen atoms in total. The van der Waals surface area contributed by atoms with Gasteiger partial charge >= 0.3 is 0 Å². The van der Waals surface area contributed by atoms with Gasteiger partial charge in [0.2, 0.25) is 12.7 Å². The van der Waals surface area contributed by atoms with E-state index in [-0.39, 0.29) is 11.7 Å². The van der Waals surface area contributed by atoms with Gasteiger partial charge in [-0.1, -0.05) is 6.08 Å². The Balaban J connectivity index is 1.50. The van der Waals surface area contributed by atoms with Crippen molar-refractivity contribution >= 4 is 40.6 Å². The minimum atomic E-state index is -0.542. The van der Waals surface area contributed by atoms with Crippen LogP contribution in [0, 0.1) is 0 Å². The van der Waals surface area contributed by atoms with E-state index in [1.165, 1.54) is 0 Å². The molecule has 4 rings (SSSR count). The van der Waals surface area contributed by atoms with Gasteiger partial charge in [-0.3, -0.25) is 19.3 Å². The van der Waals surface area contributed by atoms with Crippen molar-refractivity contribution in [2.24, 2.45) is 0 Å². The first-order chi connectivity index (χ1) is 16.9. The average Bonchev–Trinajstić information content (AvgIpc) is 3.39. The summed E-state index contributed by atoms with van der Waals surface area (Å²) in [5, 5.41) is 2.15. The molecule has 2 heterocycles. The van der Waals surface area contributed by atoms with Gasteiger partial charge in [-0.2, -0.15) is 0 Å². The molecule has 1 saturated heterocycles. The third kappa shape index (κ3) is 5.27. The summed E-state index contributed by atoms with van der Waals surface area (Å²) < 4.78 is 21.7. The summed E-state index contributed by atoms with van der Waals surface area (Å²) in [5.74, 6) is 1.17. The lowest BCUT2D eigenvalue weighted by molar-refractivity contribution is -0.127. The molecule has 2 aliphatic rings. The summed E-state index contributed by atoms with van der Waals surface area (Å²) in [7, 11) is 1.56. The first-order valence-corrected chi connectivity index (χ1v) is 11.6. The second-order valence-electron chi connectivity index (χ2n) is 7.52. The minimum Gasteiger partial charge on any atom is -0.493 e. The molecule has 35 heavy (non-hydrogen) atoms. The lowest BCUT2D eigenvalue weighted by Crippen LogP contribution is -2.36. The highest BCUT2D eigenvalue weighted by atomic mass is 32.2. The molecule has 1 N–H and O–H groups in total. The molecule has 0 aliphatic carbocycles. The lowest BCUT2D eigenvalue weighted by Gasteiger charge is -2.14. The van der Waals surface area contributed by atoms with E-state index < -0.39 is 23.6 Å². The maximum atomic E-state index is 12.9. The number of carbonyl (C=O) groups excluding carboxylic acids is 3. The normalized spacial score (nSPS) is 15.5. The number of hydrogen-bond donors (Lipinski definition) is 1. The highest BCUT2D eigenvalue weighted by Gasteiger charge is 2.36. The number of rotatable bonds is 9. The van der Waals surface area contributed by atoms with Gasteiger partial charge in [-0.15, -0.1) is 6.58 Å². The van der Waals surface area contributed by atoms with E-state index in [4.69, 9.17) is 18.9 Å². The van der Waals surface area contributed by atoms with Crippen molar-refractivity contribution in [3.63, 3.8) is 0 Å². The van der Waals surface area contributed by atoms with Crippen molar-refractivity contribution in [2.45, 2.75) is 13.3 Å². The van der Waals surface area contributed by atoms with E-state index in [0.29, 0.717) is 47.3 Å². The third-order valence-corrected chi connectivity index (χ3v) is 6.06. The quantitative estimate of drug-likeness (QED) is 0.407. The van der Waals surface area contributed by atoms with E-state index >= 15 is 0 Å². The molecule has 0 aromatic heterocycles. The number of hydrogen-bond acceptors (Lipinski definition) is 8. The number of fused-ring (bicyclic) bond motifs is 1. The maximum Gasteiger partial charge on any atom is 0.294 e. The fraction of sp³-hybridized carbons (Fsp3) is 0.240. The molecule has 0 bridgehead atoms. The highest BCUT2D eigenvalue weighted by Crippen LogP contribution is 2.37. The van der Waals surface area contributed by atoms with Crippen LogP contribution in [0.3, 0.4) is 0 Å². The second kappa shape index (κ2) is 10.6. The summed E-state index contributed by atoms with van der Waals surface area (Å²) in [6.45, 7) is 5.77. The van der Waals surface area contributed by atoms with Gasteiger partial charge in [0.25, 0.3) is 11.1 Å². The van der Waals surface area contributed by atoms with Crippen molar-refractivity contribution in [3.8, 4) is 23.0 Å². The van der Waals surface area contributed by atoms with Crippen molar-refractivity contribution < 1.29 is 33.3 Å². The number of methoxy groups -OCH3 is 1. The van der Waals surface area contributed by atoms with Gasteiger partial charge in [-0.25, -0.2) is 0 Å². The van der Waals surface area contributed by atoms with E-state index in [2.05, 4.69) is 11.9 Å². The number of allylic oxidation sites excluding steroid dienone is 1. The Morgan fingerprint density at radius 1 is 1.23 bits per heavy atom. The number of benzene rings is 2. The summed E-state index contributed by atoms with van der Waals surface area (Å²) in [5.41, 5.74) is 1.97. The zero-order valence-electron chi connectivity index (χ0n) is 19.3. The van der Waals surface area contributed by atoms with Crippen LogP contribution in [0.2, 0.25) is 0 Å². The number of anilines is 1. The van der Waals surface area contributed by atoms with Gasteiger partial charge in [0.15, 0.2) is 23.0 Å². The van der Waals surface area contributed by atoms with Crippen molar-refractivity contribution in [1.82, 2.24) is 4.90 Å². The first kappa shape index (κ1) is 24.2. The molecule has 3 amide bonds. The number of nitrogens with one attached hydrogen (secondary N) is 1. The molecule has 2 aromatic carbocycles. The Hall–Kier alpha value is -3.92. The lowest BCUT2D eigenvalue weighted by atomic mass is 10.0. The molecular weight excluding hydrogens is 472 g/mol. The Bertz CT molecular complexity index is 1220. The van der Waals surface area contributed by atoms with E-state index in [9.17, 15) is 14.4 Å². The fourth-order valence-corrected chi connectivity index (χ4v) is 4.51. The van der Waals surface area contributed by atoms with Crippen LogP contribution in [-0.2, 0) is 16.0 Å². The summed E-state index contributed by atoms with van der Waals surface area (Å²) >= 11 is 0.779. The molecule has 0 atom stereocenters. The number of amides is 3. The zero-order chi connectivity index (χ0) is 24.9. The summed E-state index contributed by atoms with van der Waals surface area (Å²) in [4.78, 5) is 39.1. The van der Waals surface area contributed by atoms with E-state index in [1.807, 2.05) is 13.0 Å². The van der Waals surface area contributed by atoms with Crippen molar-refractivity contribution in [2.75, 3.05) is 32.4 Å². The monoisotopic (exact) mass is 496 g/mol. The smallest absolute Gasteiger partial charge is 0.294 e. The third-order valence-electron chi connectivity index (χ3n) is 5.15. The van der Waals surface area contributed by atoms with Gasteiger partial charge in [0.05, 0.1) is 18.6 Å². The molecular formula is C25H24N2O7S. The molecule has 0 unspecified atom stereocenters. The fourth-order valence-electron chi connectivity index (χ4n) is 3.67. The van der Waals surface area contributed by atoms with Crippen molar-refractivity contribution in [1.29, 1.82) is 0 Å². The predicted octanol–water partition coefficient (Wildman–Crippen LogP) is 4.23. The molecule has 1 fully saturated rings. The SMILES string of the molecule is C=CCc1cc(/C=C2/SC(=O)N(CC(=O)Nc3ccc4c(c3)OCO4)C2=O)cc(OCC)c1OC. The summed E-state index contributed by atoms with van der Waals surface area (Å²) in [6.07, 6.45) is 3.88. The molecule has 0 spiro atoms. The van der Waals surface area contributed by atoms with Crippen LogP contribution in [0.25, 0.3) is 6.08 Å².